The van der Waals surface area contributed by atoms with Crippen molar-refractivity contribution in [2.24, 2.45) is 0 Å². The number of rotatable bonds is 0. The Morgan fingerprint density at radius 2 is 1.86 bits per heavy atom. The summed E-state index contributed by atoms with van der Waals surface area (Å²) in [6.07, 6.45) is 0. The van der Waals surface area contributed by atoms with Crippen LogP contribution in [0.15, 0.2) is 16.5 Å². The van der Waals surface area contributed by atoms with E-state index < -0.39 is 0 Å². The van der Waals surface area contributed by atoms with E-state index in [1.165, 1.54) is 0 Å². The van der Waals surface area contributed by atoms with Crippen molar-refractivity contribution in [1.29, 1.82) is 0 Å². The fourth-order valence-corrected chi connectivity index (χ4v) is 1.48. The third-order valence-corrected chi connectivity index (χ3v) is 2.07. The molecule has 0 amide bonds. The molecule has 72 valence electrons. The molecule has 0 saturated heterocycles. The molecule has 5 heteroatoms. The van der Waals surface area contributed by atoms with Gasteiger partial charge < -0.3 is 19.6 Å². The van der Waals surface area contributed by atoms with Gasteiger partial charge >= 0.3 is 0 Å². The lowest BCUT2D eigenvalue weighted by Crippen LogP contribution is -2.15. The number of nitrogens with zero attached hydrogens (tertiary/aromatic N) is 1. The number of anilines is 1. The van der Waals surface area contributed by atoms with Gasteiger partial charge in [-0.05, 0) is 0 Å². The molecule has 2 heterocycles. The fraction of sp³-hybridized carbons (Fsp3) is 0.222. The van der Waals surface area contributed by atoms with Crippen LogP contribution < -0.4 is 15.2 Å². The van der Waals surface area contributed by atoms with Gasteiger partial charge in [0.1, 0.15) is 18.7 Å². The average Bonchev–Trinajstić information content (AvgIpc) is 2.53. The molecule has 1 aromatic carbocycles. The topological polar surface area (TPSA) is 70.5 Å². The summed E-state index contributed by atoms with van der Waals surface area (Å²) in [4.78, 5) is 4.00. The summed E-state index contributed by atoms with van der Waals surface area (Å²) in [7, 11) is 0. The molecule has 0 saturated carbocycles. The van der Waals surface area contributed by atoms with Crippen LogP contribution in [0.3, 0.4) is 0 Å². The van der Waals surface area contributed by atoms with E-state index in [9.17, 15) is 0 Å². The second kappa shape index (κ2) is 2.54. The Morgan fingerprint density at radius 1 is 1.14 bits per heavy atom. The summed E-state index contributed by atoms with van der Waals surface area (Å²) >= 11 is 0. The molecule has 2 aromatic rings. The van der Waals surface area contributed by atoms with E-state index in [1.54, 1.807) is 12.1 Å². The second-order valence-corrected chi connectivity index (χ2v) is 3.02. The zero-order valence-electron chi connectivity index (χ0n) is 7.32. The zero-order chi connectivity index (χ0) is 9.54. The first-order chi connectivity index (χ1) is 6.83. The Labute approximate surface area is 79.4 Å². The molecule has 1 aromatic heterocycles. The van der Waals surface area contributed by atoms with E-state index in [4.69, 9.17) is 19.6 Å². The molecule has 0 bridgehead atoms. The van der Waals surface area contributed by atoms with Gasteiger partial charge in [0, 0.05) is 12.1 Å². The number of nitrogens with two attached hydrogens (primary N) is 1. The normalized spacial score (nSPS) is 14.6. The van der Waals surface area contributed by atoms with Gasteiger partial charge in [0.25, 0.3) is 6.01 Å². The van der Waals surface area contributed by atoms with Crippen molar-refractivity contribution in [2.45, 2.75) is 0 Å². The molecule has 0 atom stereocenters. The zero-order valence-corrected chi connectivity index (χ0v) is 7.32. The van der Waals surface area contributed by atoms with Crippen molar-refractivity contribution < 1.29 is 13.9 Å². The third-order valence-electron chi connectivity index (χ3n) is 2.07. The number of nitrogen functional groups attached to an aromatic ring is 1. The van der Waals surface area contributed by atoms with Crippen molar-refractivity contribution in [3.8, 4) is 11.5 Å². The number of benzene rings is 1. The Bertz CT molecular complexity index is 449. The molecule has 0 aliphatic carbocycles. The van der Waals surface area contributed by atoms with Crippen molar-refractivity contribution in [2.75, 3.05) is 18.9 Å². The molecule has 3 rings (SSSR count). The van der Waals surface area contributed by atoms with Crippen LogP contribution in [0.2, 0.25) is 0 Å². The van der Waals surface area contributed by atoms with Crippen molar-refractivity contribution in [3.05, 3.63) is 12.1 Å². The first-order valence-corrected chi connectivity index (χ1v) is 4.28. The van der Waals surface area contributed by atoms with Gasteiger partial charge in [-0.15, -0.1) is 0 Å². The van der Waals surface area contributed by atoms with Crippen LogP contribution >= 0.6 is 0 Å². The van der Waals surface area contributed by atoms with Crippen LogP contribution in [-0.4, -0.2) is 18.2 Å². The molecule has 5 nitrogen and oxygen atoms in total. The van der Waals surface area contributed by atoms with Crippen LogP contribution in [0, 0.1) is 0 Å². The Balaban J connectivity index is 2.26. The van der Waals surface area contributed by atoms with Gasteiger partial charge in [0.05, 0.1) is 0 Å². The maximum absolute atomic E-state index is 5.43. The first kappa shape index (κ1) is 7.49. The molecular weight excluding hydrogens is 184 g/mol. The lowest BCUT2D eigenvalue weighted by molar-refractivity contribution is 0.172. The summed E-state index contributed by atoms with van der Waals surface area (Å²) < 4.78 is 15.9. The van der Waals surface area contributed by atoms with Crippen LogP contribution in [0.25, 0.3) is 11.1 Å². The minimum atomic E-state index is 0.155. The minimum absolute atomic E-state index is 0.155. The van der Waals surface area contributed by atoms with Crippen LogP contribution in [-0.2, 0) is 0 Å². The molecule has 0 fully saturated rings. The second-order valence-electron chi connectivity index (χ2n) is 3.02. The van der Waals surface area contributed by atoms with Crippen LogP contribution in [0.5, 0.6) is 11.5 Å². The van der Waals surface area contributed by atoms with Gasteiger partial charge in [0.2, 0.25) is 0 Å². The van der Waals surface area contributed by atoms with Crippen molar-refractivity contribution in [1.82, 2.24) is 4.98 Å². The lowest BCUT2D eigenvalue weighted by Gasteiger charge is -2.17. The van der Waals surface area contributed by atoms with E-state index in [0.29, 0.717) is 35.8 Å². The SMILES string of the molecule is Nc1nc2cc3c(cc2o1)OCCO3. The van der Waals surface area contributed by atoms with Gasteiger partial charge in [-0.3, -0.25) is 0 Å². The summed E-state index contributed by atoms with van der Waals surface area (Å²) in [6.45, 7) is 1.12. The van der Waals surface area contributed by atoms with E-state index in [0.717, 1.165) is 0 Å². The molecule has 0 spiro atoms. The number of hydrogen-bond donors (Lipinski definition) is 1. The predicted molar refractivity (Wildman–Crippen MR) is 49.4 cm³/mol. The molecule has 0 radical (unpaired) electrons. The Morgan fingerprint density at radius 3 is 2.64 bits per heavy atom. The van der Waals surface area contributed by atoms with E-state index in [1.807, 2.05) is 0 Å². The molecular formula is C9H8N2O3. The number of fused-ring (bicyclic) bond motifs is 2. The summed E-state index contributed by atoms with van der Waals surface area (Å²) in [5, 5.41) is 0. The Kier molecular flexibility index (Phi) is 1.36. The number of oxazole rings is 1. The summed E-state index contributed by atoms with van der Waals surface area (Å²) in [6, 6.07) is 3.67. The van der Waals surface area contributed by atoms with Gasteiger partial charge in [0.15, 0.2) is 17.1 Å². The average molecular weight is 192 g/mol. The van der Waals surface area contributed by atoms with E-state index in [2.05, 4.69) is 4.98 Å². The van der Waals surface area contributed by atoms with Crippen molar-refractivity contribution in [3.63, 3.8) is 0 Å². The van der Waals surface area contributed by atoms with E-state index in [-0.39, 0.29) is 6.01 Å². The van der Waals surface area contributed by atoms with Gasteiger partial charge in [-0.1, -0.05) is 0 Å². The molecule has 0 unspecified atom stereocenters. The Hall–Kier alpha value is -1.91. The van der Waals surface area contributed by atoms with Gasteiger partial charge in [-0.2, -0.15) is 4.98 Å². The number of hydrogen-bond acceptors (Lipinski definition) is 5. The first-order valence-electron chi connectivity index (χ1n) is 4.28. The highest BCUT2D eigenvalue weighted by molar-refractivity contribution is 5.79. The quantitative estimate of drug-likeness (QED) is 0.678. The van der Waals surface area contributed by atoms with Crippen molar-refractivity contribution >= 4 is 17.1 Å². The smallest absolute Gasteiger partial charge is 0.292 e. The van der Waals surface area contributed by atoms with Crippen LogP contribution in [0.1, 0.15) is 0 Å². The summed E-state index contributed by atoms with van der Waals surface area (Å²) in [5.74, 6) is 1.37. The number of ether oxygens (including phenoxy) is 2. The highest BCUT2D eigenvalue weighted by atomic mass is 16.6. The standard InChI is InChI=1S/C9H8N2O3/c10-9-11-5-3-7-8(4-6(5)14-9)13-2-1-12-7/h3-4H,1-2H2,(H2,10,11). The molecule has 1 aliphatic rings. The van der Waals surface area contributed by atoms with Gasteiger partial charge in [-0.25, -0.2) is 0 Å². The minimum Gasteiger partial charge on any atom is -0.486 e. The fourth-order valence-electron chi connectivity index (χ4n) is 1.48. The molecule has 1 aliphatic heterocycles. The lowest BCUT2D eigenvalue weighted by atomic mass is 10.3. The molecule has 14 heavy (non-hydrogen) atoms. The van der Waals surface area contributed by atoms with E-state index >= 15 is 0 Å². The third kappa shape index (κ3) is 0.985. The summed E-state index contributed by atoms with van der Waals surface area (Å²) in [5.41, 5.74) is 6.73. The highest BCUT2D eigenvalue weighted by Crippen LogP contribution is 2.34. The monoisotopic (exact) mass is 192 g/mol. The predicted octanol–water partition coefficient (Wildman–Crippen LogP) is 1.18. The molecule has 2 N–H and O–H groups in total. The highest BCUT2D eigenvalue weighted by Gasteiger charge is 2.15. The number of aromatic nitrogens is 1. The largest absolute Gasteiger partial charge is 0.486 e. The maximum Gasteiger partial charge on any atom is 0.292 e. The maximum atomic E-state index is 5.43. The van der Waals surface area contributed by atoms with Crippen LogP contribution in [0.4, 0.5) is 6.01 Å².